The predicted octanol–water partition coefficient (Wildman–Crippen LogP) is 8.83. The fourth-order valence-electron chi connectivity index (χ4n) is 4.64. The minimum atomic E-state index is -0.871. The van der Waals surface area contributed by atoms with Crippen molar-refractivity contribution >= 4 is 0 Å². The standard InChI is InChI=1S/C28H36F2O/c1-3-5-6-7-8-20-31-26-19-18-25(27(29)28(26)30)24-16-14-23(15-17-24)22-12-10-21(9-4-2)11-13-22/h8,10-13,18-20,23-24H,3-7,9,14-17H2,1-2H3. The first-order chi connectivity index (χ1) is 15.1. The summed E-state index contributed by atoms with van der Waals surface area (Å²) < 4.78 is 34.7. The van der Waals surface area contributed by atoms with Gasteiger partial charge in [0, 0.05) is 0 Å². The number of hydrogen-bond donors (Lipinski definition) is 0. The molecule has 2 aromatic carbocycles. The molecule has 168 valence electrons. The molecular formula is C28H36F2O. The number of ether oxygens (including phenoxy) is 1. The van der Waals surface area contributed by atoms with Crippen LogP contribution in [0.5, 0.6) is 5.75 Å². The Morgan fingerprint density at radius 2 is 1.55 bits per heavy atom. The average Bonchev–Trinajstić information content (AvgIpc) is 2.80. The molecule has 2 aromatic rings. The lowest BCUT2D eigenvalue weighted by Crippen LogP contribution is -2.14. The minimum Gasteiger partial charge on any atom is -0.462 e. The van der Waals surface area contributed by atoms with Crippen molar-refractivity contribution in [2.24, 2.45) is 0 Å². The molecule has 0 atom stereocenters. The maximum atomic E-state index is 14.8. The lowest BCUT2D eigenvalue weighted by atomic mass is 9.76. The van der Waals surface area contributed by atoms with Crippen LogP contribution in [0.25, 0.3) is 0 Å². The second-order valence-electron chi connectivity index (χ2n) is 8.81. The van der Waals surface area contributed by atoms with E-state index in [1.807, 2.05) is 6.08 Å². The molecule has 0 aromatic heterocycles. The summed E-state index contributed by atoms with van der Waals surface area (Å²) in [5, 5.41) is 0. The van der Waals surface area contributed by atoms with Gasteiger partial charge in [-0.05, 0) is 85.6 Å². The number of rotatable bonds is 10. The van der Waals surface area contributed by atoms with Crippen LogP contribution in [0.1, 0.15) is 100 Å². The third kappa shape index (κ3) is 6.41. The van der Waals surface area contributed by atoms with Gasteiger partial charge in [-0.2, -0.15) is 4.39 Å². The fraction of sp³-hybridized carbons (Fsp3) is 0.500. The van der Waals surface area contributed by atoms with E-state index in [4.69, 9.17) is 4.74 Å². The van der Waals surface area contributed by atoms with E-state index in [0.29, 0.717) is 11.5 Å². The summed E-state index contributed by atoms with van der Waals surface area (Å²) in [4.78, 5) is 0. The van der Waals surface area contributed by atoms with Gasteiger partial charge >= 0.3 is 0 Å². The minimum absolute atomic E-state index is 0.0335. The summed E-state index contributed by atoms with van der Waals surface area (Å²) in [7, 11) is 0. The topological polar surface area (TPSA) is 9.23 Å². The van der Waals surface area contributed by atoms with Crippen LogP contribution in [-0.4, -0.2) is 0 Å². The number of benzene rings is 2. The highest BCUT2D eigenvalue weighted by Crippen LogP contribution is 2.42. The van der Waals surface area contributed by atoms with Crippen LogP contribution in [0.2, 0.25) is 0 Å². The molecule has 1 aliphatic carbocycles. The average molecular weight is 427 g/mol. The maximum absolute atomic E-state index is 14.8. The Morgan fingerprint density at radius 1 is 0.839 bits per heavy atom. The maximum Gasteiger partial charge on any atom is 0.201 e. The second-order valence-corrected chi connectivity index (χ2v) is 8.81. The number of unbranched alkanes of at least 4 members (excludes halogenated alkanes) is 3. The Hall–Kier alpha value is -2.16. The van der Waals surface area contributed by atoms with Crippen LogP contribution in [0.15, 0.2) is 48.7 Å². The first kappa shape index (κ1) is 23.5. The number of aryl methyl sites for hydroxylation is 1. The summed E-state index contributed by atoms with van der Waals surface area (Å²) in [6, 6.07) is 12.2. The molecule has 3 rings (SSSR count). The molecule has 1 nitrogen and oxygen atoms in total. The fourth-order valence-corrected chi connectivity index (χ4v) is 4.64. The molecule has 0 amide bonds. The predicted molar refractivity (Wildman–Crippen MR) is 125 cm³/mol. The molecule has 1 aliphatic rings. The Balaban J connectivity index is 1.56. The lowest BCUT2D eigenvalue weighted by Gasteiger charge is -2.29. The van der Waals surface area contributed by atoms with Gasteiger partial charge in [-0.3, -0.25) is 0 Å². The summed E-state index contributed by atoms with van der Waals surface area (Å²) in [5.41, 5.74) is 3.25. The number of allylic oxidation sites excluding steroid dienone is 1. The van der Waals surface area contributed by atoms with Gasteiger partial charge in [0.15, 0.2) is 11.6 Å². The third-order valence-electron chi connectivity index (χ3n) is 6.50. The van der Waals surface area contributed by atoms with E-state index in [9.17, 15) is 8.78 Å². The summed E-state index contributed by atoms with van der Waals surface area (Å²) >= 11 is 0. The van der Waals surface area contributed by atoms with Crippen molar-refractivity contribution in [2.45, 2.75) is 89.9 Å². The smallest absolute Gasteiger partial charge is 0.201 e. The van der Waals surface area contributed by atoms with Crippen LogP contribution in [0.3, 0.4) is 0 Å². The van der Waals surface area contributed by atoms with E-state index in [0.717, 1.165) is 64.2 Å². The molecule has 0 heterocycles. The van der Waals surface area contributed by atoms with Crippen molar-refractivity contribution in [1.82, 2.24) is 0 Å². The third-order valence-corrected chi connectivity index (χ3v) is 6.50. The SMILES string of the molecule is CCCCCC=COc1ccc(C2CCC(c3ccc(CCC)cc3)CC2)c(F)c1F. The first-order valence-electron chi connectivity index (χ1n) is 12.0. The zero-order valence-electron chi connectivity index (χ0n) is 19.0. The van der Waals surface area contributed by atoms with E-state index >= 15 is 0 Å². The van der Waals surface area contributed by atoms with E-state index in [2.05, 4.69) is 38.1 Å². The molecule has 0 saturated heterocycles. The molecule has 0 bridgehead atoms. The van der Waals surface area contributed by atoms with Gasteiger partial charge in [0.2, 0.25) is 5.82 Å². The quantitative estimate of drug-likeness (QED) is 0.272. The molecule has 1 saturated carbocycles. The number of halogens is 2. The van der Waals surface area contributed by atoms with Gasteiger partial charge in [0.05, 0.1) is 6.26 Å². The molecule has 1 fully saturated rings. The van der Waals surface area contributed by atoms with Crippen LogP contribution < -0.4 is 4.74 Å². The molecule has 0 aliphatic heterocycles. The summed E-state index contributed by atoms with van der Waals surface area (Å²) in [6.45, 7) is 4.35. The van der Waals surface area contributed by atoms with Crippen molar-refractivity contribution in [2.75, 3.05) is 0 Å². The number of hydrogen-bond acceptors (Lipinski definition) is 1. The highest BCUT2D eigenvalue weighted by molar-refractivity contribution is 5.34. The van der Waals surface area contributed by atoms with Gasteiger partial charge in [-0.15, -0.1) is 0 Å². The highest BCUT2D eigenvalue weighted by Gasteiger charge is 2.27. The normalized spacial score (nSPS) is 19.1. The lowest BCUT2D eigenvalue weighted by molar-refractivity contribution is 0.372. The highest BCUT2D eigenvalue weighted by atomic mass is 19.2. The molecule has 31 heavy (non-hydrogen) atoms. The first-order valence-corrected chi connectivity index (χ1v) is 12.0. The van der Waals surface area contributed by atoms with Gasteiger partial charge in [0.1, 0.15) is 0 Å². The largest absolute Gasteiger partial charge is 0.462 e. The van der Waals surface area contributed by atoms with E-state index < -0.39 is 11.6 Å². The van der Waals surface area contributed by atoms with Crippen LogP contribution in [0, 0.1) is 11.6 Å². The van der Waals surface area contributed by atoms with Crippen molar-refractivity contribution in [3.05, 3.63) is 77.1 Å². The Bertz CT molecular complexity index is 833. The van der Waals surface area contributed by atoms with Gasteiger partial charge < -0.3 is 4.74 Å². The van der Waals surface area contributed by atoms with E-state index in [1.54, 1.807) is 12.1 Å². The van der Waals surface area contributed by atoms with Gasteiger partial charge in [-0.1, -0.05) is 63.4 Å². The molecule has 0 N–H and O–H groups in total. The van der Waals surface area contributed by atoms with Gasteiger partial charge in [0.25, 0.3) is 0 Å². The Labute approximate surface area is 186 Å². The van der Waals surface area contributed by atoms with Crippen LogP contribution >= 0.6 is 0 Å². The van der Waals surface area contributed by atoms with Gasteiger partial charge in [-0.25, -0.2) is 4.39 Å². The van der Waals surface area contributed by atoms with Crippen LogP contribution in [-0.2, 0) is 6.42 Å². The van der Waals surface area contributed by atoms with Crippen molar-refractivity contribution in [3.63, 3.8) is 0 Å². The van der Waals surface area contributed by atoms with E-state index in [1.165, 1.54) is 17.4 Å². The zero-order valence-corrected chi connectivity index (χ0v) is 19.0. The molecule has 0 radical (unpaired) electrons. The van der Waals surface area contributed by atoms with Crippen molar-refractivity contribution < 1.29 is 13.5 Å². The molecular weight excluding hydrogens is 390 g/mol. The molecule has 0 unspecified atom stereocenters. The monoisotopic (exact) mass is 426 g/mol. The van der Waals surface area contributed by atoms with E-state index in [-0.39, 0.29) is 11.7 Å². The summed E-state index contributed by atoms with van der Waals surface area (Å²) in [5.74, 6) is -1.06. The Kier molecular flexibility index (Phi) is 9.12. The summed E-state index contributed by atoms with van der Waals surface area (Å²) in [6.07, 6.45) is 13.7. The molecule has 0 spiro atoms. The Morgan fingerprint density at radius 3 is 2.23 bits per heavy atom. The van der Waals surface area contributed by atoms with Crippen LogP contribution in [0.4, 0.5) is 8.78 Å². The second kappa shape index (κ2) is 12.0. The zero-order chi connectivity index (χ0) is 22.1. The molecule has 3 heteroatoms. The van der Waals surface area contributed by atoms with Crippen molar-refractivity contribution in [3.8, 4) is 5.75 Å². The van der Waals surface area contributed by atoms with Crippen molar-refractivity contribution in [1.29, 1.82) is 0 Å².